The van der Waals surface area contributed by atoms with Crippen LogP contribution in [0.1, 0.15) is 34.6 Å². The predicted molar refractivity (Wildman–Crippen MR) is 71.8 cm³/mol. The van der Waals surface area contributed by atoms with Crippen LogP contribution >= 0.6 is 0 Å². The van der Waals surface area contributed by atoms with E-state index in [0.717, 1.165) is 13.1 Å². The summed E-state index contributed by atoms with van der Waals surface area (Å²) in [6, 6.07) is 0. The first-order chi connectivity index (χ1) is 7.99. The number of nitrogens with one attached hydrogen (secondary N) is 1. The molecule has 0 aliphatic carbocycles. The highest BCUT2D eigenvalue weighted by atomic mass is 16.5. The second kappa shape index (κ2) is 9.23. The van der Waals surface area contributed by atoms with Gasteiger partial charge in [0.2, 0.25) is 0 Å². The minimum absolute atomic E-state index is 0.265. The van der Waals surface area contributed by atoms with E-state index in [1.54, 1.807) is 6.92 Å². The largest absolute Gasteiger partial charge is 0.463 e. The van der Waals surface area contributed by atoms with Crippen molar-refractivity contribution in [1.82, 2.24) is 5.32 Å². The lowest BCUT2D eigenvalue weighted by molar-refractivity contribution is -0.137. The smallest absolute Gasteiger partial charge is 0.330 e. The highest BCUT2D eigenvalue weighted by Crippen LogP contribution is 2.19. The Morgan fingerprint density at radius 2 is 1.82 bits per heavy atom. The quantitative estimate of drug-likeness (QED) is 0.403. The average molecular weight is 241 g/mol. The summed E-state index contributed by atoms with van der Waals surface area (Å²) in [6.07, 6.45) is 3.30. The van der Waals surface area contributed by atoms with Gasteiger partial charge in [0.1, 0.15) is 0 Å². The molecule has 0 aliphatic rings. The molecule has 0 radical (unpaired) electrons. The van der Waals surface area contributed by atoms with Crippen LogP contribution in [0.15, 0.2) is 12.2 Å². The van der Waals surface area contributed by atoms with Gasteiger partial charge in [-0.25, -0.2) is 4.79 Å². The third-order valence-electron chi connectivity index (χ3n) is 2.90. The Bertz CT molecular complexity index is 226. The number of hydrogen-bond donors (Lipinski definition) is 1. The molecule has 0 aromatic carbocycles. The highest BCUT2D eigenvalue weighted by molar-refractivity contribution is 5.81. The maximum atomic E-state index is 11.0. The van der Waals surface area contributed by atoms with Crippen LogP contribution < -0.4 is 5.32 Å². The number of ether oxygens (including phenoxy) is 1. The van der Waals surface area contributed by atoms with E-state index in [1.807, 2.05) is 6.08 Å². The standard InChI is InChI=1S/C14H27NO2/c1-6-17-14(16)8-7-9-15-10-13(11(2)3)12(4)5/h7-8,11-13,15H,6,9-10H2,1-5H3/b8-7+. The minimum Gasteiger partial charge on any atom is -0.463 e. The third-order valence-corrected chi connectivity index (χ3v) is 2.90. The van der Waals surface area contributed by atoms with Crippen LogP contribution in [-0.2, 0) is 9.53 Å². The third kappa shape index (κ3) is 7.97. The number of esters is 1. The Hall–Kier alpha value is -0.830. The van der Waals surface area contributed by atoms with Crippen LogP contribution in [0.4, 0.5) is 0 Å². The molecule has 0 amide bonds. The maximum absolute atomic E-state index is 11.0. The molecule has 0 aromatic rings. The lowest BCUT2D eigenvalue weighted by atomic mass is 9.85. The molecule has 0 atom stereocenters. The average Bonchev–Trinajstić information content (AvgIpc) is 2.22. The van der Waals surface area contributed by atoms with Crippen molar-refractivity contribution in [2.45, 2.75) is 34.6 Å². The van der Waals surface area contributed by atoms with Crippen LogP contribution in [0.5, 0.6) is 0 Å². The first-order valence-corrected chi connectivity index (χ1v) is 6.53. The van der Waals surface area contributed by atoms with E-state index in [2.05, 4.69) is 33.0 Å². The molecule has 0 bridgehead atoms. The summed E-state index contributed by atoms with van der Waals surface area (Å²) in [5, 5.41) is 3.35. The maximum Gasteiger partial charge on any atom is 0.330 e. The molecule has 0 rings (SSSR count). The van der Waals surface area contributed by atoms with Crippen molar-refractivity contribution in [1.29, 1.82) is 0 Å². The molecular formula is C14H27NO2. The normalized spacial score (nSPS) is 12.0. The molecule has 0 aromatic heterocycles. The van der Waals surface area contributed by atoms with Gasteiger partial charge in [-0.1, -0.05) is 33.8 Å². The molecule has 3 nitrogen and oxygen atoms in total. The van der Waals surface area contributed by atoms with Gasteiger partial charge in [-0.05, 0) is 31.2 Å². The summed E-state index contributed by atoms with van der Waals surface area (Å²) in [4.78, 5) is 11.0. The Balaban J connectivity index is 3.79. The predicted octanol–water partition coefficient (Wildman–Crippen LogP) is 2.62. The SMILES string of the molecule is CCOC(=O)/C=C/CNCC(C(C)C)C(C)C. The van der Waals surface area contributed by atoms with E-state index in [0.29, 0.717) is 24.4 Å². The van der Waals surface area contributed by atoms with Crippen molar-refractivity contribution < 1.29 is 9.53 Å². The van der Waals surface area contributed by atoms with Crippen molar-refractivity contribution in [3.63, 3.8) is 0 Å². The summed E-state index contributed by atoms with van der Waals surface area (Å²) in [5.74, 6) is 1.76. The highest BCUT2D eigenvalue weighted by Gasteiger charge is 2.16. The first-order valence-electron chi connectivity index (χ1n) is 6.53. The summed E-state index contributed by atoms with van der Waals surface area (Å²) in [5.41, 5.74) is 0. The van der Waals surface area contributed by atoms with Crippen LogP contribution in [0.3, 0.4) is 0 Å². The van der Waals surface area contributed by atoms with Gasteiger partial charge in [-0.2, -0.15) is 0 Å². The van der Waals surface area contributed by atoms with E-state index >= 15 is 0 Å². The summed E-state index contributed by atoms with van der Waals surface area (Å²) >= 11 is 0. The minimum atomic E-state index is -0.265. The molecule has 0 saturated carbocycles. The molecule has 0 spiro atoms. The van der Waals surface area contributed by atoms with Gasteiger partial charge >= 0.3 is 5.97 Å². The van der Waals surface area contributed by atoms with Gasteiger partial charge in [-0.15, -0.1) is 0 Å². The zero-order chi connectivity index (χ0) is 13.3. The van der Waals surface area contributed by atoms with Crippen molar-refractivity contribution in [2.75, 3.05) is 19.7 Å². The number of rotatable bonds is 8. The van der Waals surface area contributed by atoms with Crippen molar-refractivity contribution in [2.24, 2.45) is 17.8 Å². The fourth-order valence-electron chi connectivity index (χ4n) is 1.92. The van der Waals surface area contributed by atoms with Gasteiger partial charge in [-0.3, -0.25) is 0 Å². The lowest BCUT2D eigenvalue weighted by Gasteiger charge is -2.24. The van der Waals surface area contributed by atoms with Crippen molar-refractivity contribution in [3.8, 4) is 0 Å². The monoisotopic (exact) mass is 241 g/mol. The summed E-state index contributed by atoms with van der Waals surface area (Å²) < 4.78 is 4.79. The molecule has 1 N–H and O–H groups in total. The Labute approximate surface area is 106 Å². The second-order valence-electron chi connectivity index (χ2n) is 4.96. The van der Waals surface area contributed by atoms with Gasteiger partial charge in [0.15, 0.2) is 0 Å². The Morgan fingerprint density at radius 3 is 2.29 bits per heavy atom. The van der Waals surface area contributed by atoms with Crippen LogP contribution in [0, 0.1) is 17.8 Å². The van der Waals surface area contributed by atoms with Crippen molar-refractivity contribution in [3.05, 3.63) is 12.2 Å². The molecule has 3 heteroatoms. The summed E-state index contributed by atoms with van der Waals surface area (Å²) in [6.45, 7) is 12.9. The number of carbonyl (C=O) groups is 1. The van der Waals surface area contributed by atoms with Crippen LogP contribution in [-0.4, -0.2) is 25.7 Å². The van der Waals surface area contributed by atoms with Crippen LogP contribution in [0.2, 0.25) is 0 Å². The topological polar surface area (TPSA) is 38.3 Å². The zero-order valence-electron chi connectivity index (χ0n) is 11.8. The second-order valence-corrected chi connectivity index (χ2v) is 4.96. The van der Waals surface area contributed by atoms with Gasteiger partial charge < -0.3 is 10.1 Å². The fourth-order valence-corrected chi connectivity index (χ4v) is 1.92. The van der Waals surface area contributed by atoms with Crippen molar-refractivity contribution >= 4 is 5.97 Å². The molecule has 0 saturated heterocycles. The fraction of sp³-hybridized carbons (Fsp3) is 0.786. The molecule has 0 heterocycles. The van der Waals surface area contributed by atoms with Gasteiger partial charge in [0.05, 0.1) is 6.61 Å². The summed E-state index contributed by atoms with van der Waals surface area (Å²) in [7, 11) is 0. The van der Waals surface area contributed by atoms with E-state index in [-0.39, 0.29) is 5.97 Å². The van der Waals surface area contributed by atoms with E-state index in [9.17, 15) is 4.79 Å². The van der Waals surface area contributed by atoms with E-state index in [4.69, 9.17) is 4.74 Å². The molecule has 100 valence electrons. The number of hydrogen-bond acceptors (Lipinski definition) is 3. The lowest BCUT2D eigenvalue weighted by Crippen LogP contribution is -2.29. The van der Waals surface area contributed by atoms with E-state index in [1.165, 1.54) is 6.08 Å². The molecule has 0 unspecified atom stereocenters. The molecule has 0 aliphatic heterocycles. The molecule has 17 heavy (non-hydrogen) atoms. The zero-order valence-corrected chi connectivity index (χ0v) is 11.8. The van der Waals surface area contributed by atoms with Gasteiger partial charge in [0.25, 0.3) is 0 Å². The molecule has 0 fully saturated rings. The first kappa shape index (κ1) is 16.2. The molecular weight excluding hydrogens is 214 g/mol. The van der Waals surface area contributed by atoms with Gasteiger partial charge in [0, 0.05) is 12.6 Å². The van der Waals surface area contributed by atoms with E-state index < -0.39 is 0 Å². The Kier molecular flexibility index (Phi) is 8.78. The van der Waals surface area contributed by atoms with Crippen LogP contribution in [0.25, 0.3) is 0 Å². The Morgan fingerprint density at radius 1 is 1.24 bits per heavy atom. The number of carbonyl (C=O) groups excluding carboxylic acids is 1.